The maximum absolute atomic E-state index is 13.1. The largest absolute Gasteiger partial charge is 0.481 e. The summed E-state index contributed by atoms with van der Waals surface area (Å²) >= 11 is 0. The predicted octanol–water partition coefficient (Wildman–Crippen LogP) is 3.08. The number of aryl methyl sites for hydroxylation is 1. The van der Waals surface area contributed by atoms with E-state index in [0.29, 0.717) is 24.1 Å². The first-order valence-corrected chi connectivity index (χ1v) is 8.68. The van der Waals surface area contributed by atoms with E-state index in [1.54, 1.807) is 32.2 Å². The lowest BCUT2D eigenvalue weighted by Gasteiger charge is -2.39. The van der Waals surface area contributed by atoms with Gasteiger partial charge in [-0.15, -0.1) is 0 Å². The van der Waals surface area contributed by atoms with Gasteiger partial charge in [-0.2, -0.15) is 5.10 Å². The molecule has 7 heteroatoms. The Kier molecular flexibility index (Phi) is 4.80. The van der Waals surface area contributed by atoms with Gasteiger partial charge in [0.2, 0.25) is 0 Å². The van der Waals surface area contributed by atoms with Crippen molar-refractivity contribution in [1.82, 2.24) is 15.1 Å². The van der Waals surface area contributed by atoms with Gasteiger partial charge in [0.25, 0.3) is 5.91 Å². The van der Waals surface area contributed by atoms with Crippen LogP contribution in [0.15, 0.2) is 30.5 Å². The van der Waals surface area contributed by atoms with Crippen molar-refractivity contribution in [3.05, 3.63) is 47.5 Å². The van der Waals surface area contributed by atoms with E-state index in [0.717, 1.165) is 12.8 Å². The molecule has 1 heterocycles. The third-order valence-electron chi connectivity index (χ3n) is 5.11. The molecule has 1 aliphatic carbocycles. The molecule has 0 spiro atoms. The van der Waals surface area contributed by atoms with Crippen LogP contribution >= 0.6 is 0 Å². The van der Waals surface area contributed by atoms with E-state index < -0.39 is 17.4 Å². The van der Waals surface area contributed by atoms with Crippen molar-refractivity contribution in [2.75, 3.05) is 0 Å². The summed E-state index contributed by atoms with van der Waals surface area (Å²) in [4.78, 5) is 24.3. The maximum atomic E-state index is 13.1. The van der Waals surface area contributed by atoms with E-state index in [2.05, 4.69) is 10.4 Å². The zero-order valence-corrected chi connectivity index (χ0v) is 14.8. The number of nitrogens with one attached hydrogen (secondary N) is 1. The van der Waals surface area contributed by atoms with Crippen molar-refractivity contribution in [2.24, 2.45) is 5.92 Å². The second-order valence-corrected chi connectivity index (χ2v) is 7.09. The zero-order valence-electron chi connectivity index (χ0n) is 14.8. The molecule has 6 nitrogen and oxygen atoms in total. The van der Waals surface area contributed by atoms with Crippen LogP contribution in [0.3, 0.4) is 0 Å². The van der Waals surface area contributed by atoms with E-state index in [1.807, 2.05) is 0 Å². The number of halogens is 1. The SMILES string of the molecule is Cc1cn(-c2ccc(F)cc2)nc1C(=O)NC1(C)CCCCC1C(=O)O. The van der Waals surface area contributed by atoms with Gasteiger partial charge in [-0.25, -0.2) is 9.07 Å². The molecule has 2 unspecified atom stereocenters. The highest BCUT2D eigenvalue weighted by Crippen LogP contribution is 2.34. The predicted molar refractivity (Wildman–Crippen MR) is 93.7 cm³/mol. The Hall–Kier alpha value is -2.70. The highest BCUT2D eigenvalue weighted by Gasteiger charge is 2.42. The topological polar surface area (TPSA) is 84.2 Å². The molecule has 0 radical (unpaired) electrons. The summed E-state index contributed by atoms with van der Waals surface area (Å²) < 4.78 is 14.6. The Balaban J connectivity index is 1.84. The molecule has 138 valence electrons. The van der Waals surface area contributed by atoms with Gasteiger partial charge in [-0.05, 0) is 51.0 Å². The number of hydrogen-bond donors (Lipinski definition) is 2. The number of carbonyl (C=O) groups excluding carboxylic acids is 1. The molecule has 0 saturated heterocycles. The fourth-order valence-electron chi connectivity index (χ4n) is 3.61. The highest BCUT2D eigenvalue weighted by atomic mass is 19.1. The molecule has 2 atom stereocenters. The molecule has 1 fully saturated rings. The molecule has 2 N–H and O–H groups in total. The molecule has 2 aromatic rings. The Labute approximate surface area is 151 Å². The monoisotopic (exact) mass is 359 g/mol. The second kappa shape index (κ2) is 6.90. The van der Waals surface area contributed by atoms with Crippen LogP contribution in [0.4, 0.5) is 4.39 Å². The Morgan fingerprint density at radius 1 is 1.31 bits per heavy atom. The summed E-state index contributed by atoms with van der Waals surface area (Å²) in [6.45, 7) is 3.55. The first kappa shape index (κ1) is 18.1. The smallest absolute Gasteiger partial charge is 0.308 e. The highest BCUT2D eigenvalue weighted by molar-refractivity contribution is 5.94. The lowest BCUT2D eigenvalue weighted by Crippen LogP contribution is -2.55. The van der Waals surface area contributed by atoms with Gasteiger partial charge >= 0.3 is 5.97 Å². The average molecular weight is 359 g/mol. The number of benzene rings is 1. The molecule has 26 heavy (non-hydrogen) atoms. The van der Waals surface area contributed by atoms with Gasteiger partial charge in [0.1, 0.15) is 5.82 Å². The summed E-state index contributed by atoms with van der Waals surface area (Å²) in [6, 6.07) is 5.80. The van der Waals surface area contributed by atoms with Gasteiger partial charge in [-0.3, -0.25) is 9.59 Å². The quantitative estimate of drug-likeness (QED) is 0.879. The maximum Gasteiger partial charge on any atom is 0.308 e. The summed E-state index contributed by atoms with van der Waals surface area (Å²) in [7, 11) is 0. The van der Waals surface area contributed by atoms with Crippen molar-refractivity contribution < 1.29 is 19.1 Å². The minimum absolute atomic E-state index is 0.241. The van der Waals surface area contributed by atoms with Crippen LogP contribution in [0.5, 0.6) is 0 Å². The summed E-state index contributed by atoms with van der Waals surface area (Å²) in [5.41, 5.74) is 0.747. The first-order valence-electron chi connectivity index (χ1n) is 8.68. The molecule has 3 rings (SSSR count). The number of aliphatic carboxylic acids is 1. The van der Waals surface area contributed by atoms with E-state index in [1.165, 1.54) is 16.8 Å². The van der Waals surface area contributed by atoms with Crippen molar-refractivity contribution in [2.45, 2.75) is 45.1 Å². The minimum atomic E-state index is -0.888. The third kappa shape index (κ3) is 3.47. The van der Waals surface area contributed by atoms with E-state index >= 15 is 0 Å². The number of carboxylic acids is 1. The third-order valence-corrected chi connectivity index (χ3v) is 5.11. The molecule has 1 aromatic carbocycles. The lowest BCUT2D eigenvalue weighted by atomic mass is 9.74. The number of nitrogens with zero attached hydrogens (tertiary/aromatic N) is 2. The number of amides is 1. The lowest BCUT2D eigenvalue weighted by molar-refractivity contribution is -0.145. The van der Waals surface area contributed by atoms with Crippen molar-refractivity contribution in [1.29, 1.82) is 0 Å². The minimum Gasteiger partial charge on any atom is -0.481 e. The van der Waals surface area contributed by atoms with E-state index in [4.69, 9.17) is 0 Å². The fraction of sp³-hybridized carbons (Fsp3) is 0.421. The number of rotatable bonds is 4. The molecule has 1 saturated carbocycles. The number of hydrogen-bond acceptors (Lipinski definition) is 3. The van der Waals surface area contributed by atoms with Gasteiger partial charge in [0, 0.05) is 11.8 Å². The summed E-state index contributed by atoms with van der Waals surface area (Å²) in [5, 5.41) is 16.7. The van der Waals surface area contributed by atoms with Gasteiger partial charge < -0.3 is 10.4 Å². The van der Waals surface area contributed by atoms with Crippen molar-refractivity contribution >= 4 is 11.9 Å². The molecule has 0 aliphatic heterocycles. The van der Waals surface area contributed by atoms with E-state index in [9.17, 15) is 19.1 Å². The normalized spacial score (nSPS) is 22.8. The second-order valence-electron chi connectivity index (χ2n) is 7.09. The van der Waals surface area contributed by atoms with Crippen LogP contribution < -0.4 is 5.32 Å². The Morgan fingerprint density at radius 3 is 2.65 bits per heavy atom. The van der Waals surface area contributed by atoms with Crippen LogP contribution in [0.1, 0.15) is 48.7 Å². The van der Waals surface area contributed by atoms with Crippen LogP contribution in [0.25, 0.3) is 5.69 Å². The fourth-order valence-corrected chi connectivity index (χ4v) is 3.61. The van der Waals surface area contributed by atoms with Crippen LogP contribution in [-0.2, 0) is 4.79 Å². The van der Waals surface area contributed by atoms with Crippen LogP contribution in [0, 0.1) is 18.7 Å². The molecule has 1 aromatic heterocycles. The summed E-state index contributed by atoms with van der Waals surface area (Å²) in [5.74, 6) is -2.24. The van der Waals surface area contributed by atoms with Crippen molar-refractivity contribution in [3.63, 3.8) is 0 Å². The molecular weight excluding hydrogens is 337 g/mol. The molecule has 1 amide bonds. The average Bonchev–Trinajstić information content (AvgIpc) is 2.97. The van der Waals surface area contributed by atoms with Crippen molar-refractivity contribution in [3.8, 4) is 5.69 Å². The standard InChI is InChI=1S/C19H22FN3O3/c1-12-11-23(14-8-6-13(20)7-9-14)22-16(12)17(24)21-19(2)10-4-3-5-15(19)18(25)26/h6-9,11,15H,3-5,10H2,1-2H3,(H,21,24)(H,25,26). The van der Waals surface area contributed by atoms with E-state index in [-0.39, 0.29) is 17.4 Å². The molecular formula is C19H22FN3O3. The zero-order chi connectivity index (χ0) is 18.9. The number of aromatic nitrogens is 2. The number of carboxylic acid groups (broad SMARTS) is 1. The Morgan fingerprint density at radius 2 is 2.00 bits per heavy atom. The van der Waals surface area contributed by atoms with Crippen LogP contribution in [-0.4, -0.2) is 32.3 Å². The molecule has 0 bridgehead atoms. The number of carbonyl (C=O) groups is 2. The van der Waals surface area contributed by atoms with Crippen LogP contribution in [0.2, 0.25) is 0 Å². The Bertz CT molecular complexity index is 831. The van der Waals surface area contributed by atoms with Gasteiger partial charge in [0.15, 0.2) is 5.69 Å². The summed E-state index contributed by atoms with van der Waals surface area (Å²) in [6.07, 6.45) is 4.59. The van der Waals surface area contributed by atoms with Gasteiger partial charge in [0.05, 0.1) is 17.1 Å². The van der Waals surface area contributed by atoms with Gasteiger partial charge in [-0.1, -0.05) is 12.8 Å². The first-order chi connectivity index (χ1) is 12.3. The molecule has 1 aliphatic rings.